The van der Waals surface area contributed by atoms with Gasteiger partial charge in [0.1, 0.15) is 5.16 Å². The Balaban J connectivity index is 2.67. The Hall–Kier alpha value is -0.740. The van der Waals surface area contributed by atoms with Gasteiger partial charge in [-0.3, -0.25) is 10.2 Å². The molecule has 0 aromatic heterocycles. The minimum atomic E-state index is -1.02. The van der Waals surface area contributed by atoms with Crippen molar-refractivity contribution in [1.29, 1.82) is 0 Å². The van der Waals surface area contributed by atoms with E-state index in [4.69, 9.17) is 16.7 Å². The number of rotatable bonds is 3. The molecule has 86 valence electrons. The predicted octanol–water partition coefficient (Wildman–Crippen LogP) is 2.55. The number of carboxylic acid groups (broad SMARTS) is 1. The Bertz CT molecular complexity index is 268. The second-order valence-electron chi connectivity index (χ2n) is 3.73. The van der Waals surface area contributed by atoms with E-state index in [-0.39, 0.29) is 12.2 Å². The number of hydrogen-bond donors (Lipinski definition) is 2. The van der Waals surface area contributed by atoms with E-state index in [9.17, 15) is 4.79 Å². The number of halogens is 1. The first-order valence-electron chi connectivity index (χ1n) is 5.21. The molecule has 1 amide bonds. The summed E-state index contributed by atoms with van der Waals surface area (Å²) in [5.74, 6) is 0. The van der Waals surface area contributed by atoms with Crippen LogP contribution in [0.25, 0.3) is 0 Å². The standard InChI is InChI=1S/C10H17ClN2O2/c1-3-4-5-8-6-9(11)13(10(14)15)7(2)12-8/h6-8,12H,3-5H2,1-2H3,(H,14,15). The van der Waals surface area contributed by atoms with Gasteiger partial charge >= 0.3 is 6.09 Å². The maximum Gasteiger partial charge on any atom is 0.413 e. The van der Waals surface area contributed by atoms with Crippen LogP contribution in [-0.4, -0.2) is 28.3 Å². The van der Waals surface area contributed by atoms with Gasteiger partial charge in [0.25, 0.3) is 0 Å². The van der Waals surface area contributed by atoms with Crippen LogP contribution in [0.5, 0.6) is 0 Å². The number of nitrogens with one attached hydrogen (secondary N) is 1. The summed E-state index contributed by atoms with van der Waals surface area (Å²) in [5.41, 5.74) is 0. The lowest BCUT2D eigenvalue weighted by Crippen LogP contribution is -2.52. The van der Waals surface area contributed by atoms with Crippen LogP contribution < -0.4 is 5.32 Å². The Morgan fingerprint density at radius 2 is 2.40 bits per heavy atom. The van der Waals surface area contributed by atoms with Gasteiger partial charge in [-0.15, -0.1) is 0 Å². The number of nitrogens with zero attached hydrogens (tertiary/aromatic N) is 1. The molecule has 5 heteroatoms. The Labute approximate surface area is 94.9 Å². The molecule has 1 rings (SSSR count). The maximum absolute atomic E-state index is 10.9. The molecule has 0 fully saturated rings. The molecule has 1 aliphatic heterocycles. The smallest absolute Gasteiger partial charge is 0.413 e. The summed E-state index contributed by atoms with van der Waals surface area (Å²) in [7, 11) is 0. The van der Waals surface area contributed by atoms with Crippen molar-refractivity contribution in [3.63, 3.8) is 0 Å². The van der Waals surface area contributed by atoms with Crippen LogP contribution in [0.1, 0.15) is 33.1 Å². The molecule has 0 radical (unpaired) electrons. The topological polar surface area (TPSA) is 52.6 Å². The SMILES string of the molecule is CCCCC1C=C(Cl)N(C(=O)O)C(C)N1. The molecule has 1 heterocycles. The summed E-state index contributed by atoms with van der Waals surface area (Å²) in [5, 5.41) is 12.4. The second kappa shape index (κ2) is 5.37. The summed E-state index contributed by atoms with van der Waals surface area (Å²) in [4.78, 5) is 12.0. The van der Waals surface area contributed by atoms with Gasteiger partial charge in [-0.05, 0) is 19.4 Å². The molecule has 15 heavy (non-hydrogen) atoms. The summed E-state index contributed by atoms with van der Waals surface area (Å²) in [6.45, 7) is 3.92. The Kier molecular flexibility index (Phi) is 4.42. The Morgan fingerprint density at radius 1 is 1.73 bits per heavy atom. The van der Waals surface area contributed by atoms with Crippen molar-refractivity contribution in [2.24, 2.45) is 0 Å². The van der Waals surface area contributed by atoms with E-state index in [1.54, 1.807) is 13.0 Å². The van der Waals surface area contributed by atoms with Crippen LogP contribution in [0.2, 0.25) is 0 Å². The zero-order valence-electron chi connectivity index (χ0n) is 9.03. The van der Waals surface area contributed by atoms with E-state index >= 15 is 0 Å². The number of carbonyl (C=O) groups is 1. The van der Waals surface area contributed by atoms with Gasteiger partial charge < -0.3 is 5.11 Å². The van der Waals surface area contributed by atoms with E-state index in [1.807, 2.05) is 0 Å². The van der Waals surface area contributed by atoms with Crippen molar-refractivity contribution >= 4 is 17.7 Å². The maximum atomic E-state index is 10.9. The van der Waals surface area contributed by atoms with E-state index < -0.39 is 6.09 Å². The molecule has 2 atom stereocenters. The van der Waals surface area contributed by atoms with E-state index in [0.29, 0.717) is 5.16 Å². The molecule has 0 aromatic carbocycles. The third kappa shape index (κ3) is 3.11. The van der Waals surface area contributed by atoms with Gasteiger partial charge in [0.2, 0.25) is 0 Å². The fourth-order valence-electron chi connectivity index (χ4n) is 1.71. The highest BCUT2D eigenvalue weighted by Crippen LogP contribution is 2.20. The van der Waals surface area contributed by atoms with Crippen LogP contribution in [0.4, 0.5) is 4.79 Å². The van der Waals surface area contributed by atoms with Gasteiger partial charge in [-0.2, -0.15) is 0 Å². The van der Waals surface area contributed by atoms with Gasteiger partial charge in [0, 0.05) is 6.04 Å². The van der Waals surface area contributed by atoms with Gasteiger partial charge in [-0.1, -0.05) is 31.4 Å². The van der Waals surface area contributed by atoms with Crippen molar-refractivity contribution in [2.75, 3.05) is 0 Å². The van der Waals surface area contributed by atoms with Crippen LogP contribution in [0, 0.1) is 0 Å². The zero-order chi connectivity index (χ0) is 11.4. The fourth-order valence-corrected chi connectivity index (χ4v) is 2.08. The first kappa shape index (κ1) is 12.3. The van der Waals surface area contributed by atoms with Crippen molar-refractivity contribution in [3.8, 4) is 0 Å². The quantitative estimate of drug-likeness (QED) is 0.736. The lowest BCUT2D eigenvalue weighted by molar-refractivity contribution is 0.133. The molecule has 0 saturated heterocycles. The largest absolute Gasteiger partial charge is 0.465 e. The average molecular weight is 233 g/mol. The molecule has 4 nitrogen and oxygen atoms in total. The molecule has 2 N–H and O–H groups in total. The van der Waals surface area contributed by atoms with Crippen LogP contribution in [-0.2, 0) is 0 Å². The predicted molar refractivity (Wildman–Crippen MR) is 59.7 cm³/mol. The molecule has 0 aliphatic carbocycles. The number of unbranched alkanes of at least 4 members (excludes halogenated alkanes) is 1. The fraction of sp³-hybridized carbons (Fsp3) is 0.700. The van der Waals surface area contributed by atoms with Crippen molar-refractivity contribution in [1.82, 2.24) is 10.2 Å². The van der Waals surface area contributed by atoms with Crippen molar-refractivity contribution in [2.45, 2.75) is 45.3 Å². The van der Waals surface area contributed by atoms with Crippen molar-refractivity contribution < 1.29 is 9.90 Å². The highest BCUT2D eigenvalue weighted by atomic mass is 35.5. The summed E-state index contributed by atoms with van der Waals surface area (Å²) >= 11 is 5.91. The molecule has 0 spiro atoms. The average Bonchev–Trinajstić information content (AvgIpc) is 2.12. The number of amides is 1. The third-order valence-electron chi connectivity index (χ3n) is 2.49. The molecule has 0 aromatic rings. The van der Waals surface area contributed by atoms with E-state index in [0.717, 1.165) is 24.2 Å². The molecular formula is C10H17ClN2O2. The first-order valence-corrected chi connectivity index (χ1v) is 5.59. The number of hydrogen-bond acceptors (Lipinski definition) is 2. The summed E-state index contributed by atoms with van der Waals surface area (Å²) in [6.07, 6.45) is 3.71. The highest BCUT2D eigenvalue weighted by molar-refractivity contribution is 6.30. The highest BCUT2D eigenvalue weighted by Gasteiger charge is 2.28. The molecular weight excluding hydrogens is 216 g/mol. The monoisotopic (exact) mass is 232 g/mol. The molecule has 0 bridgehead atoms. The first-order chi connectivity index (χ1) is 7.06. The van der Waals surface area contributed by atoms with Crippen molar-refractivity contribution in [3.05, 3.63) is 11.2 Å². The summed E-state index contributed by atoms with van der Waals surface area (Å²) in [6, 6.07) is 0.183. The van der Waals surface area contributed by atoms with Gasteiger partial charge in [0.15, 0.2) is 0 Å². The lowest BCUT2D eigenvalue weighted by atomic mass is 10.1. The van der Waals surface area contributed by atoms with Gasteiger partial charge in [0.05, 0.1) is 6.17 Å². The summed E-state index contributed by atoms with van der Waals surface area (Å²) < 4.78 is 0. The van der Waals surface area contributed by atoms with Crippen LogP contribution in [0.3, 0.4) is 0 Å². The van der Waals surface area contributed by atoms with Crippen LogP contribution >= 0.6 is 11.6 Å². The zero-order valence-corrected chi connectivity index (χ0v) is 9.79. The molecule has 1 aliphatic rings. The van der Waals surface area contributed by atoms with E-state index in [2.05, 4.69) is 12.2 Å². The minimum absolute atomic E-state index is 0.183. The van der Waals surface area contributed by atoms with E-state index in [1.165, 1.54) is 0 Å². The van der Waals surface area contributed by atoms with Crippen LogP contribution in [0.15, 0.2) is 11.2 Å². The minimum Gasteiger partial charge on any atom is -0.465 e. The Morgan fingerprint density at radius 3 is 2.87 bits per heavy atom. The molecule has 2 unspecified atom stereocenters. The van der Waals surface area contributed by atoms with Gasteiger partial charge in [-0.25, -0.2) is 4.79 Å². The normalized spacial score (nSPS) is 26.3. The lowest BCUT2D eigenvalue weighted by Gasteiger charge is -2.34. The second-order valence-corrected chi connectivity index (χ2v) is 4.12. The molecule has 0 saturated carbocycles. The third-order valence-corrected chi connectivity index (χ3v) is 2.79.